The highest BCUT2D eigenvalue weighted by Gasteiger charge is 2.20. The first-order valence-corrected chi connectivity index (χ1v) is 7.02. The second kappa shape index (κ2) is 4.70. The van der Waals surface area contributed by atoms with Crippen LogP contribution in [0.15, 0.2) is 12.3 Å². The van der Waals surface area contributed by atoms with E-state index in [-0.39, 0.29) is 6.23 Å². The van der Waals surface area contributed by atoms with E-state index in [2.05, 4.69) is 32.7 Å². The minimum atomic E-state index is 0.00279. The molecule has 1 aliphatic heterocycles. The third-order valence-electron chi connectivity index (χ3n) is 2.91. The fourth-order valence-electron chi connectivity index (χ4n) is 2.08. The van der Waals surface area contributed by atoms with Gasteiger partial charge in [0.25, 0.3) is 0 Å². The molecule has 1 aliphatic rings. The summed E-state index contributed by atoms with van der Waals surface area (Å²) in [6.07, 6.45) is 5.12. The first-order chi connectivity index (χ1) is 8.25. The highest BCUT2D eigenvalue weighted by atomic mass is 127. The van der Waals surface area contributed by atoms with Gasteiger partial charge in [-0.05, 0) is 47.9 Å². The summed E-state index contributed by atoms with van der Waals surface area (Å²) in [7, 11) is 0. The third kappa shape index (κ3) is 2.15. The number of ether oxygens (including phenoxy) is 1. The summed E-state index contributed by atoms with van der Waals surface area (Å²) in [6.45, 7) is 0.795. The van der Waals surface area contributed by atoms with Crippen LogP contribution in [0.1, 0.15) is 25.5 Å². The van der Waals surface area contributed by atoms with E-state index in [1.165, 1.54) is 6.42 Å². The summed E-state index contributed by atoms with van der Waals surface area (Å²) in [6, 6.07) is 1.85. The Morgan fingerprint density at radius 3 is 3.12 bits per heavy atom. The maximum absolute atomic E-state index is 5.99. The summed E-state index contributed by atoms with van der Waals surface area (Å²) in [5.74, 6) is 0. The van der Waals surface area contributed by atoms with Crippen molar-refractivity contribution in [3.8, 4) is 0 Å². The van der Waals surface area contributed by atoms with Gasteiger partial charge in [0.1, 0.15) is 5.15 Å². The summed E-state index contributed by atoms with van der Waals surface area (Å²) in [5.41, 5.74) is 0.814. The number of nitrogens with zero attached hydrogens (tertiary/aromatic N) is 3. The molecule has 0 radical (unpaired) electrons. The Morgan fingerprint density at radius 2 is 2.35 bits per heavy atom. The van der Waals surface area contributed by atoms with Crippen molar-refractivity contribution in [1.82, 2.24) is 14.8 Å². The van der Waals surface area contributed by atoms with Crippen molar-refractivity contribution in [1.29, 1.82) is 0 Å². The average molecular weight is 364 g/mol. The van der Waals surface area contributed by atoms with E-state index in [1.54, 1.807) is 0 Å². The molecule has 0 aliphatic carbocycles. The lowest BCUT2D eigenvalue weighted by Gasteiger charge is -2.23. The second-order valence-corrected chi connectivity index (χ2v) is 5.62. The Balaban J connectivity index is 2.10. The summed E-state index contributed by atoms with van der Waals surface area (Å²) in [4.78, 5) is 4.35. The normalized spacial score (nSPS) is 20.9. The number of aromatic nitrogens is 3. The van der Waals surface area contributed by atoms with E-state index in [0.29, 0.717) is 5.15 Å². The zero-order valence-electron chi connectivity index (χ0n) is 9.07. The van der Waals surface area contributed by atoms with Gasteiger partial charge in [0.15, 0.2) is 11.9 Å². The second-order valence-electron chi connectivity index (χ2n) is 4.07. The van der Waals surface area contributed by atoms with Gasteiger partial charge in [-0.3, -0.25) is 0 Å². The molecule has 1 fully saturated rings. The van der Waals surface area contributed by atoms with Crippen LogP contribution >= 0.6 is 34.2 Å². The predicted molar refractivity (Wildman–Crippen MR) is 74.1 cm³/mol. The summed E-state index contributed by atoms with van der Waals surface area (Å²) in [5, 5.41) is 5.92. The Hall–Kier alpha value is -0.400. The maximum Gasteiger partial charge on any atom is 0.163 e. The van der Waals surface area contributed by atoms with E-state index < -0.39 is 0 Å². The van der Waals surface area contributed by atoms with Crippen LogP contribution in [0.4, 0.5) is 0 Å². The molecule has 1 saturated heterocycles. The topological polar surface area (TPSA) is 39.9 Å². The molecule has 6 heteroatoms. The predicted octanol–water partition coefficient (Wildman–Crippen LogP) is 3.39. The SMILES string of the molecule is Clc1cc(I)c2cnn(C3CCCCO3)c2n1. The number of fused-ring (bicyclic) bond motifs is 1. The number of rotatable bonds is 1. The van der Waals surface area contributed by atoms with Gasteiger partial charge in [0.2, 0.25) is 0 Å². The van der Waals surface area contributed by atoms with Crippen LogP contribution in [0.3, 0.4) is 0 Å². The van der Waals surface area contributed by atoms with Crippen LogP contribution in [0.25, 0.3) is 11.0 Å². The highest BCUT2D eigenvalue weighted by molar-refractivity contribution is 14.1. The molecule has 3 heterocycles. The van der Waals surface area contributed by atoms with E-state index >= 15 is 0 Å². The molecule has 0 N–H and O–H groups in total. The van der Waals surface area contributed by atoms with E-state index in [1.807, 2.05) is 16.9 Å². The van der Waals surface area contributed by atoms with Crippen molar-refractivity contribution in [3.05, 3.63) is 21.0 Å². The number of halogens is 2. The molecule has 0 aromatic carbocycles. The minimum Gasteiger partial charge on any atom is -0.356 e. The van der Waals surface area contributed by atoms with Gasteiger partial charge in [0, 0.05) is 10.2 Å². The van der Waals surface area contributed by atoms with Gasteiger partial charge in [-0.1, -0.05) is 11.6 Å². The van der Waals surface area contributed by atoms with Crippen LogP contribution in [0.2, 0.25) is 5.15 Å². The zero-order valence-corrected chi connectivity index (χ0v) is 12.0. The molecule has 0 bridgehead atoms. The first-order valence-electron chi connectivity index (χ1n) is 5.56. The third-order valence-corrected chi connectivity index (χ3v) is 4.00. The van der Waals surface area contributed by atoms with Crippen LogP contribution < -0.4 is 0 Å². The van der Waals surface area contributed by atoms with Crippen molar-refractivity contribution in [2.24, 2.45) is 0 Å². The van der Waals surface area contributed by atoms with Gasteiger partial charge >= 0.3 is 0 Å². The molecular formula is C11H11ClIN3O. The fourth-order valence-corrected chi connectivity index (χ4v) is 3.13. The van der Waals surface area contributed by atoms with Crippen LogP contribution in [0.5, 0.6) is 0 Å². The molecule has 0 spiro atoms. The van der Waals surface area contributed by atoms with Crippen molar-refractivity contribution in [2.45, 2.75) is 25.5 Å². The van der Waals surface area contributed by atoms with Crippen LogP contribution in [-0.2, 0) is 4.74 Å². The molecular weight excluding hydrogens is 352 g/mol. The highest BCUT2D eigenvalue weighted by Crippen LogP contribution is 2.28. The summed E-state index contributed by atoms with van der Waals surface area (Å²) >= 11 is 8.24. The van der Waals surface area contributed by atoms with Gasteiger partial charge in [-0.15, -0.1) is 0 Å². The molecule has 2 aromatic rings. The Bertz CT molecular complexity index is 551. The smallest absolute Gasteiger partial charge is 0.163 e. The van der Waals surface area contributed by atoms with Crippen molar-refractivity contribution >= 4 is 45.2 Å². The first kappa shape index (κ1) is 11.7. The molecule has 1 atom stereocenters. The van der Waals surface area contributed by atoms with Gasteiger partial charge in [-0.2, -0.15) is 5.10 Å². The Kier molecular flexibility index (Phi) is 3.23. The van der Waals surface area contributed by atoms with Gasteiger partial charge < -0.3 is 4.74 Å². The van der Waals surface area contributed by atoms with Crippen molar-refractivity contribution in [2.75, 3.05) is 6.61 Å². The van der Waals surface area contributed by atoms with E-state index in [4.69, 9.17) is 16.3 Å². The number of pyridine rings is 1. The monoisotopic (exact) mass is 363 g/mol. The fraction of sp³-hybridized carbons (Fsp3) is 0.455. The van der Waals surface area contributed by atoms with Crippen molar-refractivity contribution in [3.63, 3.8) is 0 Å². The molecule has 3 rings (SSSR count). The molecule has 4 nitrogen and oxygen atoms in total. The standard InChI is InChI=1S/C11H11ClIN3O/c12-9-5-8(13)7-6-14-16(11(7)15-9)10-3-1-2-4-17-10/h5-6,10H,1-4H2. The van der Waals surface area contributed by atoms with Crippen LogP contribution in [-0.4, -0.2) is 21.4 Å². The lowest BCUT2D eigenvalue weighted by atomic mass is 10.2. The Morgan fingerprint density at radius 1 is 1.47 bits per heavy atom. The van der Waals surface area contributed by atoms with Crippen LogP contribution in [0, 0.1) is 3.57 Å². The van der Waals surface area contributed by atoms with E-state index in [0.717, 1.165) is 34.1 Å². The molecule has 17 heavy (non-hydrogen) atoms. The molecule has 0 saturated carbocycles. The minimum absolute atomic E-state index is 0.00279. The quantitative estimate of drug-likeness (QED) is 0.576. The molecule has 1 unspecified atom stereocenters. The van der Waals surface area contributed by atoms with E-state index in [9.17, 15) is 0 Å². The summed E-state index contributed by atoms with van der Waals surface area (Å²) < 4.78 is 8.64. The average Bonchev–Trinajstić information content (AvgIpc) is 2.74. The lowest BCUT2D eigenvalue weighted by Crippen LogP contribution is -2.19. The number of hydrogen-bond donors (Lipinski definition) is 0. The molecule has 0 amide bonds. The largest absolute Gasteiger partial charge is 0.356 e. The molecule has 2 aromatic heterocycles. The zero-order chi connectivity index (χ0) is 11.8. The maximum atomic E-state index is 5.99. The van der Waals surface area contributed by atoms with Crippen molar-refractivity contribution < 1.29 is 4.74 Å². The van der Waals surface area contributed by atoms with Gasteiger partial charge in [0.05, 0.1) is 11.6 Å². The van der Waals surface area contributed by atoms with Gasteiger partial charge in [-0.25, -0.2) is 9.67 Å². The lowest BCUT2D eigenvalue weighted by molar-refractivity contribution is -0.0370. The molecule has 90 valence electrons. The number of hydrogen-bond acceptors (Lipinski definition) is 3. The Labute approximate surface area is 117 Å².